The number of rotatable bonds is 5. The van der Waals surface area contributed by atoms with Gasteiger partial charge in [0, 0.05) is 0 Å². The summed E-state index contributed by atoms with van der Waals surface area (Å²) in [5, 5.41) is 9.21. The fourth-order valence-electron chi connectivity index (χ4n) is 2.10. The monoisotopic (exact) mass is 337 g/mol. The average Bonchev–Trinajstić information content (AvgIpc) is 2.76. The minimum absolute atomic E-state index is 0.272. The maximum Gasteiger partial charge on any atom is 0.326 e. The molecule has 5 nitrogen and oxygen atoms in total. The normalized spacial score (nSPS) is 17.9. The second-order valence-electron chi connectivity index (χ2n) is 4.59. The second kappa shape index (κ2) is 6.93. The molecule has 1 atom stereocenters. The Kier molecular flexibility index (Phi) is 5.20. The molecule has 0 aromatic heterocycles. The minimum Gasteiger partial charge on any atom is -0.497 e. The van der Waals surface area contributed by atoms with Crippen molar-refractivity contribution in [2.45, 2.75) is 19.4 Å². The molecule has 22 heavy (non-hydrogen) atoms. The van der Waals surface area contributed by atoms with E-state index in [0.717, 1.165) is 17.3 Å². The Hall–Kier alpha value is -1.86. The largest absolute Gasteiger partial charge is 0.497 e. The van der Waals surface area contributed by atoms with E-state index in [1.54, 1.807) is 32.2 Å². The molecule has 1 N–H and O–H groups in total. The van der Waals surface area contributed by atoms with Crippen molar-refractivity contribution in [2.24, 2.45) is 0 Å². The quantitative estimate of drug-likeness (QED) is 0.658. The summed E-state index contributed by atoms with van der Waals surface area (Å²) >= 11 is 6.28. The third-order valence-electron chi connectivity index (χ3n) is 3.20. The van der Waals surface area contributed by atoms with E-state index in [4.69, 9.17) is 17.0 Å². The van der Waals surface area contributed by atoms with Crippen molar-refractivity contribution in [3.8, 4) is 5.75 Å². The fourth-order valence-corrected chi connectivity index (χ4v) is 3.46. The molecule has 1 amide bonds. The van der Waals surface area contributed by atoms with Crippen molar-refractivity contribution in [2.75, 3.05) is 7.11 Å². The van der Waals surface area contributed by atoms with Crippen molar-refractivity contribution in [3.63, 3.8) is 0 Å². The van der Waals surface area contributed by atoms with E-state index in [1.165, 1.54) is 4.90 Å². The Morgan fingerprint density at radius 2 is 2.27 bits per heavy atom. The number of amides is 1. The molecule has 7 heteroatoms. The third kappa shape index (κ3) is 3.31. The predicted molar refractivity (Wildman–Crippen MR) is 89.7 cm³/mol. The van der Waals surface area contributed by atoms with Gasteiger partial charge >= 0.3 is 5.97 Å². The first kappa shape index (κ1) is 16.5. The van der Waals surface area contributed by atoms with Crippen LogP contribution in [0.15, 0.2) is 29.2 Å². The number of benzene rings is 1. The lowest BCUT2D eigenvalue weighted by molar-refractivity contribution is -0.145. The van der Waals surface area contributed by atoms with Crippen LogP contribution in [0.2, 0.25) is 0 Å². The first-order chi connectivity index (χ1) is 10.5. The number of carbonyl (C=O) groups is 2. The topological polar surface area (TPSA) is 66.8 Å². The van der Waals surface area contributed by atoms with Gasteiger partial charge in [-0.2, -0.15) is 0 Å². The SMILES string of the molecule is CCC(C(=O)O)N1C(=O)/C(=C\c2cccc(OC)c2)SC1=S. The molecule has 1 aliphatic rings. The van der Waals surface area contributed by atoms with E-state index in [-0.39, 0.29) is 10.2 Å². The van der Waals surface area contributed by atoms with Crippen LogP contribution in [0.25, 0.3) is 6.08 Å². The van der Waals surface area contributed by atoms with Crippen molar-refractivity contribution in [3.05, 3.63) is 34.7 Å². The number of nitrogens with zero attached hydrogens (tertiary/aromatic N) is 1. The van der Waals surface area contributed by atoms with Gasteiger partial charge in [-0.3, -0.25) is 9.69 Å². The van der Waals surface area contributed by atoms with Crippen LogP contribution < -0.4 is 4.74 Å². The standard InChI is InChI=1S/C15H15NO4S2/c1-3-11(14(18)19)16-13(17)12(22-15(16)21)8-9-5-4-6-10(7-9)20-2/h4-8,11H,3H2,1-2H3,(H,18,19)/b12-8+. The van der Waals surface area contributed by atoms with Crippen LogP contribution in [-0.4, -0.2) is 39.4 Å². The Labute approximate surface area is 137 Å². The van der Waals surface area contributed by atoms with E-state index in [1.807, 2.05) is 12.1 Å². The number of thiocarbonyl (C=S) groups is 1. The van der Waals surface area contributed by atoms with Crippen LogP contribution >= 0.6 is 24.0 Å². The van der Waals surface area contributed by atoms with Crippen LogP contribution in [-0.2, 0) is 9.59 Å². The molecule has 1 aliphatic heterocycles. The molecular formula is C15H15NO4S2. The highest BCUT2D eigenvalue weighted by molar-refractivity contribution is 8.26. The summed E-state index contributed by atoms with van der Waals surface area (Å²) < 4.78 is 5.41. The summed E-state index contributed by atoms with van der Waals surface area (Å²) in [6.45, 7) is 1.71. The van der Waals surface area contributed by atoms with Gasteiger partial charge in [0.25, 0.3) is 5.91 Å². The van der Waals surface area contributed by atoms with Crippen LogP contribution in [0.1, 0.15) is 18.9 Å². The Balaban J connectivity index is 2.31. The van der Waals surface area contributed by atoms with E-state index in [2.05, 4.69) is 0 Å². The third-order valence-corrected chi connectivity index (χ3v) is 4.53. The summed E-state index contributed by atoms with van der Waals surface area (Å²) in [5.41, 5.74) is 0.795. The maximum atomic E-state index is 12.4. The summed E-state index contributed by atoms with van der Waals surface area (Å²) in [4.78, 5) is 25.3. The Bertz CT molecular complexity index is 657. The van der Waals surface area contributed by atoms with Crippen LogP contribution in [0, 0.1) is 0 Å². The molecule has 1 saturated heterocycles. The molecule has 1 aromatic rings. The number of methoxy groups -OCH3 is 1. The van der Waals surface area contributed by atoms with Crippen LogP contribution in [0.3, 0.4) is 0 Å². The molecule has 0 spiro atoms. The van der Waals surface area contributed by atoms with Gasteiger partial charge in [0.15, 0.2) is 0 Å². The van der Waals surface area contributed by atoms with Crippen molar-refractivity contribution in [1.82, 2.24) is 4.90 Å². The maximum absolute atomic E-state index is 12.4. The lowest BCUT2D eigenvalue weighted by atomic mass is 10.1. The summed E-state index contributed by atoms with van der Waals surface area (Å²) in [7, 11) is 1.57. The molecule has 1 fully saturated rings. The number of hydrogen-bond acceptors (Lipinski definition) is 5. The van der Waals surface area contributed by atoms with E-state index >= 15 is 0 Å². The van der Waals surface area contributed by atoms with Gasteiger partial charge in [-0.25, -0.2) is 4.79 Å². The zero-order chi connectivity index (χ0) is 16.3. The van der Waals surface area contributed by atoms with Crippen molar-refractivity contribution < 1.29 is 19.4 Å². The van der Waals surface area contributed by atoms with Gasteiger partial charge in [-0.1, -0.05) is 43.0 Å². The number of carboxylic acid groups (broad SMARTS) is 1. The van der Waals surface area contributed by atoms with Crippen molar-refractivity contribution >= 4 is 46.3 Å². The molecule has 1 heterocycles. The highest BCUT2D eigenvalue weighted by atomic mass is 32.2. The van der Waals surface area contributed by atoms with Crippen LogP contribution in [0.4, 0.5) is 0 Å². The first-order valence-corrected chi connectivity index (χ1v) is 7.84. The molecule has 1 aromatic carbocycles. The first-order valence-electron chi connectivity index (χ1n) is 6.61. The molecule has 0 aliphatic carbocycles. The second-order valence-corrected chi connectivity index (χ2v) is 6.27. The molecule has 0 radical (unpaired) electrons. The Morgan fingerprint density at radius 3 is 2.86 bits per heavy atom. The Morgan fingerprint density at radius 1 is 1.55 bits per heavy atom. The van der Waals surface area contributed by atoms with E-state index in [0.29, 0.717) is 17.1 Å². The molecule has 0 bridgehead atoms. The number of aliphatic carboxylic acids is 1. The zero-order valence-electron chi connectivity index (χ0n) is 12.1. The minimum atomic E-state index is -1.05. The van der Waals surface area contributed by atoms with E-state index in [9.17, 15) is 14.7 Å². The lowest BCUT2D eigenvalue weighted by Gasteiger charge is -2.21. The summed E-state index contributed by atoms with van der Waals surface area (Å²) in [6.07, 6.45) is 1.99. The number of thioether (sulfide) groups is 1. The number of ether oxygens (including phenoxy) is 1. The number of carbonyl (C=O) groups excluding carboxylic acids is 1. The van der Waals surface area contributed by atoms with Gasteiger partial charge in [0.2, 0.25) is 0 Å². The molecular weight excluding hydrogens is 322 g/mol. The average molecular weight is 337 g/mol. The van der Waals surface area contributed by atoms with Crippen LogP contribution in [0.5, 0.6) is 5.75 Å². The highest BCUT2D eigenvalue weighted by Crippen LogP contribution is 2.34. The molecule has 116 valence electrons. The fraction of sp³-hybridized carbons (Fsp3) is 0.267. The molecule has 0 saturated carbocycles. The van der Waals surface area contributed by atoms with Gasteiger partial charge in [0.05, 0.1) is 12.0 Å². The van der Waals surface area contributed by atoms with Gasteiger partial charge in [-0.15, -0.1) is 0 Å². The number of hydrogen-bond donors (Lipinski definition) is 1. The molecule has 1 unspecified atom stereocenters. The predicted octanol–water partition coefficient (Wildman–Crippen LogP) is 2.76. The zero-order valence-corrected chi connectivity index (χ0v) is 13.7. The smallest absolute Gasteiger partial charge is 0.326 e. The molecule has 2 rings (SSSR count). The van der Waals surface area contributed by atoms with Crippen molar-refractivity contribution in [1.29, 1.82) is 0 Å². The number of carboxylic acids is 1. The summed E-state index contributed by atoms with van der Waals surface area (Å²) in [5.74, 6) is -0.741. The summed E-state index contributed by atoms with van der Waals surface area (Å²) in [6, 6.07) is 6.33. The van der Waals surface area contributed by atoms with Gasteiger partial charge < -0.3 is 9.84 Å². The van der Waals surface area contributed by atoms with E-state index < -0.39 is 12.0 Å². The lowest BCUT2D eigenvalue weighted by Crippen LogP contribution is -2.43. The van der Waals surface area contributed by atoms with Gasteiger partial charge in [-0.05, 0) is 30.2 Å². The van der Waals surface area contributed by atoms with Gasteiger partial charge in [0.1, 0.15) is 16.1 Å². The highest BCUT2D eigenvalue weighted by Gasteiger charge is 2.39.